The van der Waals surface area contributed by atoms with Crippen molar-refractivity contribution in [2.75, 3.05) is 31.1 Å². The molecule has 0 aliphatic carbocycles. The first-order valence-electron chi connectivity index (χ1n) is 9.38. The second-order valence-corrected chi connectivity index (χ2v) is 7.76. The van der Waals surface area contributed by atoms with Crippen molar-refractivity contribution in [2.24, 2.45) is 0 Å². The molecule has 0 N–H and O–H groups in total. The lowest BCUT2D eigenvalue weighted by Crippen LogP contribution is -2.52. The Bertz CT molecular complexity index is 914. The third-order valence-electron chi connectivity index (χ3n) is 4.70. The average Bonchev–Trinajstić information content (AvgIpc) is 2.74. The van der Waals surface area contributed by atoms with Gasteiger partial charge in [0.25, 0.3) is 5.91 Å². The maximum Gasteiger partial charge on any atom is 0.573 e. The topological polar surface area (TPSA) is 82.1 Å². The Hall–Kier alpha value is -2.79. The van der Waals surface area contributed by atoms with E-state index in [2.05, 4.69) is 4.74 Å². The molecule has 0 bridgehead atoms. The quantitative estimate of drug-likeness (QED) is 0.621. The van der Waals surface area contributed by atoms with Crippen LogP contribution in [0.25, 0.3) is 0 Å². The number of halogens is 3. The summed E-state index contributed by atoms with van der Waals surface area (Å²) in [5.41, 5.74) is 0.867. The minimum atomic E-state index is -4.77. The molecule has 1 aliphatic heterocycles. The number of ether oxygens (including phenoxy) is 2. The van der Waals surface area contributed by atoms with E-state index in [0.717, 1.165) is 17.8 Å². The van der Waals surface area contributed by atoms with Gasteiger partial charge >= 0.3 is 6.36 Å². The molecule has 2 atom stereocenters. The molecule has 2 aromatic rings. The second kappa shape index (κ2) is 9.56. The van der Waals surface area contributed by atoms with Gasteiger partial charge in [-0.1, -0.05) is 0 Å². The predicted octanol–water partition coefficient (Wildman–Crippen LogP) is 2.94. The Balaban J connectivity index is 1.51. The molecule has 1 heterocycles. The number of amides is 1. The summed E-state index contributed by atoms with van der Waals surface area (Å²) in [5.74, 6) is -0.346. The summed E-state index contributed by atoms with van der Waals surface area (Å²) in [6, 6.07) is 11.3. The van der Waals surface area contributed by atoms with E-state index in [4.69, 9.17) is 4.74 Å². The van der Waals surface area contributed by atoms with E-state index in [-0.39, 0.29) is 22.3 Å². The molecule has 2 aromatic carbocycles. The molecule has 1 saturated heterocycles. The van der Waals surface area contributed by atoms with Crippen LogP contribution in [0.1, 0.15) is 6.92 Å². The van der Waals surface area contributed by atoms with Crippen molar-refractivity contribution < 1.29 is 36.2 Å². The highest BCUT2D eigenvalue weighted by Crippen LogP contribution is 2.25. The molecule has 1 amide bonds. The van der Waals surface area contributed by atoms with E-state index < -0.39 is 23.5 Å². The Morgan fingerprint density at radius 3 is 2.06 bits per heavy atom. The normalized spacial score (nSPS) is 16.5. The number of carbonyl (C=O) groups is 1. The molecule has 3 rings (SSSR count). The van der Waals surface area contributed by atoms with Crippen molar-refractivity contribution >= 4 is 22.7 Å². The zero-order valence-corrected chi connectivity index (χ0v) is 17.3. The molecule has 0 radical (unpaired) electrons. The highest BCUT2D eigenvalue weighted by molar-refractivity contribution is 7.79. The van der Waals surface area contributed by atoms with Gasteiger partial charge in [0.15, 0.2) is 6.10 Å². The molecule has 1 fully saturated rings. The van der Waals surface area contributed by atoms with Gasteiger partial charge < -0.3 is 23.8 Å². The van der Waals surface area contributed by atoms with Crippen LogP contribution in [0.15, 0.2) is 53.4 Å². The number of benzene rings is 2. The third-order valence-corrected chi connectivity index (χ3v) is 5.36. The molecule has 31 heavy (non-hydrogen) atoms. The Labute approximate surface area is 179 Å². The largest absolute Gasteiger partial charge is 0.768 e. The second-order valence-electron chi connectivity index (χ2n) is 6.82. The first-order valence-corrected chi connectivity index (χ1v) is 10.5. The molecule has 0 saturated carbocycles. The van der Waals surface area contributed by atoms with Crippen LogP contribution in [0.3, 0.4) is 0 Å². The smallest absolute Gasteiger partial charge is 0.573 e. The van der Waals surface area contributed by atoms with Crippen LogP contribution < -0.4 is 14.4 Å². The van der Waals surface area contributed by atoms with Crippen LogP contribution in [0.2, 0.25) is 0 Å². The lowest BCUT2D eigenvalue weighted by atomic mass is 10.2. The summed E-state index contributed by atoms with van der Waals surface area (Å²) in [5, 5.41) is 0. The maximum atomic E-state index is 12.7. The van der Waals surface area contributed by atoms with Crippen molar-refractivity contribution in [2.45, 2.75) is 24.3 Å². The van der Waals surface area contributed by atoms with Crippen molar-refractivity contribution in [3.8, 4) is 11.5 Å². The van der Waals surface area contributed by atoms with Gasteiger partial charge in [-0.3, -0.25) is 9.00 Å². The number of rotatable bonds is 6. The van der Waals surface area contributed by atoms with Crippen LogP contribution in [0.4, 0.5) is 18.9 Å². The van der Waals surface area contributed by atoms with Crippen molar-refractivity contribution in [3.63, 3.8) is 0 Å². The van der Waals surface area contributed by atoms with E-state index >= 15 is 0 Å². The van der Waals surface area contributed by atoms with Gasteiger partial charge in [0, 0.05) is 36.8 Å². The molecular weight excluding hydrogens is 437 g/mol. The molecule has 1 aliphatic rings. The highest BCUT2D eigenvalue weighted by Gasteiger charge is 2.31. The minimum absolute atomic E-state index is 0.210. The fourth-order valence-electron chi connectivity index (χ4n) is 3.18. The Morgan fingerprint density at radius 1 is 1.00 bits per heavy atom. The van der Waals surface area contributed by atoms with Crippen LogP contribution in [0, 0.1) is 0 Å². The Kier molecular flexibility index (Phi) is 7.06. The number of alkyl halides is 3. The minimum Gasteiger partial charge on any atom is -0.768 e. The molecule has 168 valence electrons. The summed E-state index contributed by atoms with van der Waals surface area (Å²) in [6.07, 6.45) is -5.59. The van der Waals surface area contributed by atoms with Crippen molar-refractivity contribution in [1.82, 2.24) is 4.90 Å². The molecule has 2 unspecified atom stereocenters. The summed E-state index contributed by atoms with van der Waals surface area (Å²) in [6.45, 7) is 3.64. The molecule has 0 spiro atoms. The first kappa shape index (κ1) is 22.9. The fourth-order valence-corrected chi connectivity index (χ4v) is 3.54. The van der Waals surface area contributed by atoms with E-state index in [1.165, 1.54) is 24.3 Å². The van der Waals surface area contributed by atoms with Gasteiger partial charge in [-0.2, -0.15) is 0 Å². The maximum absolute atomic E-state index is 12.7. The van der Waals surface area contributed by atoms with Crippen LogP contribution >= 0.6 is 0 Å². The third kappa shape index (κ3) is 6.34. The highest BCUT2D eigenvalue weighted by atomic mass is 32.2. The summed E-state index contributed by atoms with van der Waals surface area (Å²) in [7, 11) is 0. The van der Waals surface area contributed by atoms with Crippen LogP contribution in [0.5, 0.6) is 11.5 Å². The standard InChI is InChI=1S/C20H21F3N2O5S/c1-14(29-16-4-6-17(7-5-16)30-20(21,22)23)19(26)25-12-10-24(11-13-25)15-2-8-18(9-3-15)31(27)28/h2-9,14H,10-13H2,1H3,(H,27,28)/p-1. The van der Waals surface area contributed by atoms with Gasteiger partial charge in [-0.25, -0.2) is 0 Å². The number of nitrogens with zero attached hydrogens (tertiary/aromatic N) is 2. The number of hydrogen-bond donors (Lipinski definition) is 0. The fraction of sp³-hybridized carbons (Fsp3) is 0.350. The van der Waals surface area contributed by atoms with Crippen molar-refractivity contribution in [1.29, 1.82) is 0 Å². The van der Waals surface area contributed by atoms with E-state index in [1.54, 1.807) is 24.0 Å². The number of carbonyl (C=O) groups excluding carboxylic acids is 1. The summed E-state index contributed by atoms with van der Waals surface area (Å²) >= 11 is -2.27. The number of hydrogen-bond acceptors (Lipinski definition) is 6. The van der Waals surface area contributed by atoms with Gasteiger partial charge in [0.1, 0.15) is 11.5 Å². The van der Waals surface area contributed by atoms with Gasteiger partial charge in [0.05, 0.1) is 0 Å². The lowest BCUT2D eigenvalue weighted by Gasteiger charge is -2.37. The molecule has 11 heteroatoms. The van der Waals surface area contributed by atoms with E-state index in [9.17, 15) is 26.7 Å². The average molecular weight is 457 g/mol. The summed E-state index contributed by atoms with van der Waals surface area (Å²) < 4.78 is 67.9. The van der Waals surface area contributed by atoms with E-state index in [1.807, 2.05) is 4.90 Å². The SMILES string of the molecule is CC(Oc1ccc(OC(F)(F)F)cc1)C(=O)N1CCN(c2ccc(S(=O)[O-])cc2)CC1. The molecular formula is C20H20F3N2O5S-. The van der Waals surface area contributed by atoms with Crippen molar-refractivity contribution in [3.05, 3.63) is 48.5 Å². The zero-order valence-electron chi connectivity index (χ0n) is 16.5. The van der Waals surface area contributed by atoms with Gasteiger partial charge in [-0.15, -0.1) is 13.2 Å². The monoisotopic (exact) mass is 457 g/mol. The van der Waals surface area contributed by atoms with Crippen LogP contribution in [-0.2, 0) is 15.9 Å². The summed E-state index contributed by atoms with van der Waals surface area (Å²) in [4.78, 5) is 16.6. The number of anilines is 1. The molecule has 7 nitrogen and oxygen atoms in total. The number of piperazine rings is 1. The molecule has 0 aromatic heterocycles. The van der Waals surface area contributed by atoms with Crippen LogP contribution in [-0.4, -0.2) is 58.2 Å². The van der Waals surface area contributed by atoms with Gasteiger partial charge in [-0.05, 0) is 66.5 Å². The van der Waals surface area contributed by atoms with E-state index in [0.29, 0.717) is 26.2 Å². The predicted molar refractivity (Wildman–Crippen MR) is 106 cm³/mol. The first-order chi connectivity index (χ1) is 14.6. The zero-order chi connectivity index (χ0) is 22.6. The van der Waals surface area contributed by atoms with Gasteiger partial charge in [0.2, 0.25) is 0 Å². The Morgan fingerprint density at radius 2 is 1.55 bits per heavy atom. The lowest BCUT2D eigenvalue weighted by molar-refractivity contribution is -0.274.